The standard InChI is InChI=1S/C18H28BrNO/c1-3-20-13-15-8-6-4-5-7-14(15)11-16-12-17(19)9-10-18(16)21-2/h9-10,12,14-15,20H,3-8,11,13H2,1-2H3. The van der Waals surface area contributed by atoms with Crippen molar-refractivity contribution in [1.29, 1.82) is 0 Å². The summed E-state index contributed by atoms with van der Waals surface area (Å²) >= 11 is 3.59. The van der Waals surface area contributed by atoms with Gasteiger partial charge in [-0.25, -0.2) is 0 Å². The third-order valence-corrected chi connectivity index (χ3v) is 5.19. The Bertz CT molecular complexity index is 435. The molecule has 0 bridgehead atoms. The molecule has 0 radical (unpaired) electrons. The van der Waals surface area contributed by atoms with Gasteiger partial charge in [-0.3, -0.25) is 0 Å². The molecular formula is C18H28BrNO. The monoisotopic (exact) mass is 353 g/mol. The Balaban J connectivity index is 2.11. The van der Waals surface area contributed by atoms with Crippen LogP contribution in [0, 0.1) is 11.8 Å². The minimum atomic E-state index is 0.773. The Morgan fingerprint density at radius 3 is 2.67 bits per heavy atom. The van der Waals surface area contributed by atoms with E-state index in [0.717, 1.165) is 41.6 Å². The van der Waals surface area contributed by atoms with Gasteiger partial charge in [0.05, 0.1) is 7.11 Å². The van der Waals surface area contributed by atoms with Crippen molar-refractivity contribution in [3.8, 4) is 5.75 Å². The maximum absolute atomic E-state index is 5.55. The zero-order valence-corrected chi connectivity index (χ0v) is 14.9. The number of methoxy groups -OCH3 is 1. The van der Waals surface area contributed by atoms with E-state index in [1.54, 1.807) is 7.11 Å². The van der Waals surface area contributed by atoms with E-state index in [2.05, 4.69) is 46.4 Å². The molecule has 3 heteroatoms. The molecule has 2 unspecified atom stereocenters. The molecule has 0 amide bonds. The van der Waals surface area contributed by atoms with Crippen molar-refractivity contribution in [3.63, 3.8) is 0 Å². The van der Waals surface area contributed by atoms with E-state index < -0.39 is 0 Å². The zero-order valence-electron chi connectivity index (χ0n) is 13.3. The minimum absolute atomic E-state index is 0.773. The third kappa shape index (κ3) is 5.00. The van der Waals surface area contributed by atoms with E-state index in [1.807, 2.05) is 0 Å². The number of halogens is 1. The van der Waals surface area contributed by atoms with Crippen LogP contribution < -0.4 is 10.1 Å². The smallest absolute Gasteiger partial charge is 0.122 e. The largest absolute Gasteiger partial charge is 0.496 e. The van der Waals surface area contributed by atoms with Gasteiger partial charge in [-0.2, -0.15) is 0 Å². The second kappa shape index (κ2) is 8.79. The number of rotatable bonds is 6. The Morgan fingerprint density at radius 1 is 1.19 bits per heavy atom. The van der Waals surface area contributed by atoms with Gasteiger partial charge in [0.2, 0.25) is 0 Å². The zero-order chi connectivity index (χ0) is 15.1. The lowest BCUT2D eigenvalue weighted by atomic mass is 9.83. The number of hydrogen-bond acceptors (Lipinski definition) is 2. The topological polar surface area (TPSA) is 21.3 Å². The fourth-order valence-electron chi connectivity index (χ4n) is 3.52. The predicted molar refractivity (Wildman–Crippen MR) is 93.0 cm³/mol. The van der Waals surface area contributed by atoms with Gasteiger partial charge in [-0.1, -0.05) is 42.1 Å². The molecule has 0 aromatic heterocycles. The quantitative estimate of drug-likeness (QED) is 0.741. The van der Waals surface area contributed by atoms with Gasteiger partial charge in [0.15, 0.2) is 0 Å². The van der Waals surface area contributed by atoms with Crippen LogP contribution in [0.2, 0.25) is 0 Å². The summed E-state index contributed by atoms with van der Waals surface area (Å²) in [6, 6.07) is 6.37. The molecule has 21 heavy (non-hydrogen) atoms. The second-order valence-corrected chi connectivity index (χ2v) is 7.04. The molecule has 2 nitrogen and oxygen atoms in total. The Morgan fingerprint density at radius 2 is 1.95 bits per heavy atom. The second-order valence-electron chi connectivity index (χ2n) is 6.13. The van der Waals surface area contributed by atoms with Gasteiger partial charge < -0.3 is 10.1 Å². The maximum atomic E-state index is 5.55. The summed E-state index contributed by atoms with van der Waals surface area (Å²) in [6.07, 6.45) is 8.03. The molecule has 0 aliphatic heterocycles. The van der Waals surface area contributed by atoms with Crippen molar-refractivity contribution in [2.24, 2.45) is 11.8 Å². The van der Waals surface area contributed by atoms with Crippen molar-refractivity contribution in [3.05, 3.63) is 28.2 Å². The van der Waals surface area contributed by atoms with E-state index in [4.69, 9.17) is 4.74 Å². The fraction of sp³-hybridized carbons (Fsp3) is 0.667. The molecule has 1 aromatic rings. The highest BCUT2D eigenvalue weighted by molar-refractivity contribution is 9.10. The molecule has 1 aromatic carbocycles. The molecule has 1 aliphatic carbocycles. The van der Waals surface area contributed by atoms with Gasteiger partial charge in [-0.05, 0) is 68.0 Å². The first-order valence-electron chi connectivity index (χ1n) is 8.27. The van der Waals surface area contributed by atoms with Crippen LogP contribution in [0.15, 0.2) is 22.7 Å². The first-order valence-corrected chi connectivity index (χ1v) is 9.07. The van der Waals surface area contributed by atoms with E-state index >= 15 is 0 Å². The molecule has 0 spiro atoms. The first-order chi connectivity index (χ1) is 10.2. The van der Waals surface area contributed by atoms with E-state index in [9.17, 15) is 0 Å². The summed E-state index contributed by atoms with van der Waals surface area (Å²) in [7, 11) is 1.77. The van der Waals surface area contributed by atoms with Crippen LogP contribution >= 0.6 is 15.9 Å². The van der Waals surface area contributed by atoms with Gasteiger partial charge in [0, 0.05) is 4.47 Å². The van der Waals surface area contributed by atoms with E-state index in [0.29, 0.717) is 0 Å². The maximum Gasteiger partial charge on any atom is 0.122 e. The van der Waals surface area contributed by atoms with Crippen molar-refractivity contribution in [1.82, 2.24) is 5.32 Å². The summed E-state index contributed by atoms with van der Waals surface area (Å²) in [5.41, 5.74) is 1.35. The van der Waals surface area contributed by atoms with Crippen molar-refractivity contribution in [2.75, 3.05) is 20.2 Å². The molecule has 2 rings (SSSR count). The molecule has 118 valence electrons. The molecule has 1 fully saturated rings. The van der Waals surface area contributed by atoms with Gasteiger partial charge >= 0.3 is 0 Å². The normalized spacial score (nSPS) is 22.8. The Kier molecular flexibility index (Phi) is 7.05. The SMILES string of the molecule is CCNCC1CCCCCC1Cc1cc(Br)ccc1OC. The number of nitrogens with one attached hydrogen (secondary N) is 1. The van der Waals surface area contributed by atoms with Gasteiger partial charge in [0.1, 0.15) is 5.75 Å². The third-order valence-electron chi connectivity index (χ3n) is 4.70. The molecule has 1 saturated carbocycles. The van der Waals surface area contributed by atoms with E-state index in [-0.39, 0.29) is 0 Å². The number of hydrogen-bond donors (Lipinski definition) is 1. The van der Waals surface area contributed by atoms with Crippen LogP contribution in [-0.2, 0) is 6.42 Å². The van der Waals surface area contributed by atoms with Crippen molar-refractivity contribution < 1.29 is 4.74 Å². The average molecular weight is 354 g/mol. The highest BCUT2D eigenvalue weighted by atomic mass is 79.9. The Hall–Kier alpha value is -0.540. The predicted octanol–water partition coefficient (Wildman–Crippen LogP) is 4.81. The highest BCUT2D eigenvalue weighted by Crippen LogP contribution is 2.34. The first kappa shape index (κ1) is 16.8. The summed E-state index contributed by atoms with van der Waals surface area (Å²) in [4.78, 5) is 0. The summed E-state index contributed by atoms with van der Waals surface area (Å²) < 4.78 is 6.70. The molecular weight excluding hydrogens is 326 g/mol. The van der Waals surface area contributed by atoms with Crippen LogP contribution in [-0.4, -0.2) is 20.2 Å². The average Bonchev–Trinajstić information content (AvgIpc) is 2.71. The lowest BCUT2D eigenvalue weighted by Gasteiger charge is -2.26. The number of ether oxygens (including phenoxy) is 1. The van der Waals surface area contributed by atoms with Gasteiger partial charge in [0.25, 0.3) is 0 Å². The fourth-order valence-corrected chi connectivity index (χ4v) is 3.93. The highest BCUT2D eigenvalue weighted by Gasteiger charge is 2.24. The van der Waals surface area contributed by atoms with Crippen LogP contribution in [0.5, 0.6) is 5.75 Å². The van der Waals surface area contributed by atoms with E-state index in [1.165, 1.54) is 37.7 Å². The molecule has 0 heterocycles. The minimum Gasteiger partial charge on any atom is -0.496 e. The van der Waals surface area contributed by atoms with Gasteiger partial charge in [-0.15, -0.1) is 0 Å². The van der Waals surface area contributed by atoms with Crippen molar-refractivity contribution in [2.45, 2.75) is 45.4 Å². The lowest BCUT2D eigenvalue weighted by molar-refractivity contribution is 0.296. The Labute approximate surface area is 137 Å². The number of benzene rings is 1. The summed E-state index contributed by atoms with van der Waals surface area (Å²) in [6.45, 7) is 4.43. The van der Waals surface area contributed by atoms with Crippen molar-refractivity contribution >= 4 is 15.9 Å². The van der Waals surface area contributed by atoms with Crippen LogP contribution in [0.25, 0.3) is 0 Å². The molecule has 0 saturated heterocycles. The molecule has 1 aliphatic rings. The summed E-state index contributed by atoms with van der Waals surface area (Å²) in [5.74, 6) is 2.61. The van der Waals surface area contributed by atoms with Crippen LogP contribution in [0.4, 0.5) is 0 Å². The molecule has 2 atom stereocenters. The van der Waals surface area contributed by atoms with Crippen LogP contribution in [0.3, 0.4) is 0 Å². The molecule has 1 N–H and O–H groups in total. The summed E-state index contributed by atoms with van der Waals surface area (Å²) in [5, 5.41) is 3.56. The lowest BCUT2D eigenvalue weighted by Crippen LogP contribution is -2.28. The van der Waals surface area contributed by atoms with Crippen LogP contribution in [0.1, 0.15) is 44.6 Å².